The first-order chi connectivity index (χ1) is 16.6. The highest BCUT2D eigenvalue weighted by atomic mass is 19.1. The Hall–Kier alpha value is -3.73. The summed E-state index contributed by atoms with van der Waals surface area (Å²) in [5, 5.41) is 6.99. The van der Waals surface area contributed by atoms with E-state index in [1.807, 2.05) is 10.7 Å². The molecule has 3 aromatic rings. The molecule has 10 nitrogen and oxygen atoms in total. The Labute approximate surface area is 202 Å². The lowest BCUT2D eigenvalue weighted by molar-refractivity contribution is 0.0635. The van der Waals surface area contributed by atoms with Gasteiger partial charge in [0.05, 0.1) is 43.3 Å². The molecule has 4 rings (SSSR count). The summed E-state index contributed by atoms with van der Waals surface area (Å²) in [4.78, 5) is 20.6. The van der Waals surface area contributed by atoms with Crippen molar-refractivity contribution in [3.05, 3.63) is 47.7 Å². The molecule has 35 heavy (non-hydrogen) atoms. The van der Waals surface area contributed by atoms with Gasteiger partial charge in [0.1, 0.15) is 23.6 Å². The number of aromatic nitrogens is 4. The van der Waals surface area contributed by atoms with Gasteiger partial charge in [-0.1, -0.05) is 0 Å². The quantitative estimate of drug-likeness (QED) is 0.449. The molecule has 0 aliphatic heterocycles. The van der Waals surface area contributed by atoms with Crippen LogP contribution in [0.15, 0.2) is 30.6 Å². The number of methoxy groups -OCH3 is 1. The Kier molecular flexibility index (Phi) is 6.88. The summed E-state index contributed by atoms with van der Waals surface area (Å²) in [7, 11) is 1.54. The van der Waals surface area contributed by atoms with Crippen LogP contribution in [-0.2, 0) is 22.7 Å². The van der Waals surface area contributed by atoms with Crippen molar-refractivity contribution in [2.75, 3.05) is 18.2 Å². The third-order valence-corrected chi connectivity index (χ3v) is 5.04. The maximum absolute atomic E-state index is 14.1. The largest absolute Gasteiger partial charge is 0.494 e. The highest BCUT2D eigenvalue weighted by Crippen LogP contribution is 2.37. The third kappa shape index (κ3) is 6.44. The molecule has 2 aromatic heterocycles. The zero-order valence-corrected chi connectivity index (χ0v) is 20.2. The fourth-order valence-electron chi connectivity index (χ4n) is 3.47. The first-order valence-corrected chi connectivity index (χ1v) is 11.2. The first-order valence-electron chi connectivity index (χ1n) is 11.2. The number of hydrogen-bond acceptors (Lipinski definition) is 8. The normalized spacial score (nSPS) is 13.5. The number of halogens is 1. The van der Waals surface area contributed by atoms with Crippen LogP contribution in [0.25, 0.3) is 11.4 Å². The van der Waals surface area contributed by atoms with Gasteiger partial charge in [-0.25, -0.2) is 23.8 Å². The number of pyridine rings is 1. The zero-order chi connectivity index (χ0) is 25.2. The topological polar surface area (TPSA) is 126 Å². The van der Waals surface area contributed by atoms with E-state index in [0.717, 1.165) is 24.5 Å². The number of nitrogens with one attached hydrogen (secondary N) is 1. The van der Waals surface area contributed by atoms with E-state index in [0.29, 0.717) is 34.6 Å². The average molecular weight is 485 g/mol. The van der Waals surface area contributed by atoms with Gasteiger partial charge in [-0.15, -0.1) is 0 Å². The minimum absolute atomic E-state index is 0.0105. The van der Waals surface area contributed by atoms with Gasteiger partial charge in [-0.2, -0.15) is 5.10 Å². The fraction of sp³-hybridized carbons (Fsp3) is 0.417. The molecular formula is C24H29FN6O4. The van der Waals surface area contributed by atoms with Crippen molar-refractivity contribution in [1.29, 1.82) is 0 Å². The van der Waals surface area contributed by atoms with E-state index in [4.69, 9.17) is 19.9 Å². The van der Waals surface area contributed by atoms with E-state index < -0.39 is 17.5 Å². The van der Waals surface area contributed by atoms with E-state index in [9.17, 15) is 9.18 Å². The number of nitrogens with zero attached hydrogens (tertiary/aromatic N) is 4. The van der Waals surface area contributed by atoms with Gasteiger partial charge < -0.3 is 19.9 Å². The number of hydrogen-bond donors (Lipinski definition) is 2. The van der Waals surface area contributed by atoms with Gasteiger partial charge in [-0.3, -0.25) is 5.32 Å². The Balaban J connectivity index is 1.44. The molecule has 0 bridgehead atoms. The van der Waals surface area contributed by atoms with Crippen LogP contribution in [0.1, 0.15) is 50.9 Å². The lowest BCUT2D eigenvalue weighted by atomic mass is 10.1. The van der Waals surface area contributed by atoms with Gasteiger partial charge >= 0.3 is 6.09 Å². The molecule has 1 fully saturated rings. The number of amides is 1. The van der Waals surface area contributed by atoms with Crippen molar-refractivity contribution in [3.8, 4) is 17.1 Å². The molecule has 1 amide bonds. The second kappa shape index (κ2) is 9.87. The highest BCUT2D eigenvalue weighted by molar-refractivity contribution is 5.83. The third-order valence-electron chi connectivity index (χ3n) is 5.04. The molecule has 0 saturated heterocycles. The van der Waals surface area contributed by atoms with Crippen molar-refractivity contribution in [3.63, 3.8) is 0 Å². The standard InChI is InChI=1S/C24H29FN6O4/c1-24(2,3)35-23(32)29-20-10-15(25)9-16(28-20)12-34-11-14-7-18(21(33-4)19(26)8-14)22-27-13-31(30-22)17-5-6-17/h7-10,13,17H,5-6,11-12,26H2,1-4H3,(H,28,29,32). The van der Waals surface area contributed by atoms with Crippen molar-refractivity contribution >= 4 is 17.6 Å². The zero-order valence-electron chi connectivity index (χ0n) is 20.2. The Morgan fingerprint density at radius 3 is 2.69 bits per heavy atom. The number of carbonyl (C=O) groups excluding carboxylic acids is 1. The van der Waals surface area contributed by atoms with Crippen LogP contribution in [0.2, 0.25) is 0 Å². The van der Waals surface area contributed by atoms with Crippen molar-refractivity contribution in [2.45, 2.75) is 58.5 Å². The van der Waals surface area contributed by atoms with Crippen molar-refractivity contribution in [2.24, 2.45) is 0 Å². The predicted molar refractivity (Wildman–Crippen MR) is 127 cm³/mol. The Morgan fingerprint density at radius 1 is 1.23 bits per heavy atom. The van der Waals surface area contributed by atoms with E-state index in [-0.39, 0.29) is 19.0 Å². The lowest BCUT2D eigenvalue weighted by Gasteiger charge is -2.19. The van der Waals surface area contributed by atoms with E-state index in [1.165, 1.54) is 6.07 Å². The van der Waals surface area contributed by atoms with Gasteiger partial charge in [0, 0.05) is 6.07 Å². The summed E-state index contributed by atoms with van der Waals surface area (Å²) in [6, 6.07) is 6.35. The van der Waals surface area contributed by atoms with Crippen LogP contribution in [0.5, 0.6) is 5.75 Å². The van der Waals surface area contributed by atoms with Crippen LogP contribution in [0, 0.1) is 5.82 Å². The summed E-state index contributed by atoms with van der Waals surface area (Å²) in [6.45, 7) is 5.39. The molecule has 2 heterocycles. The van der Waals surface area contributed by atoms with Gasteiger partial charge in [-0.05, 0) is 57.4 Å². The van der Waals surface area contributed by atoms with Crippen LogP contribution in [0.4, 0.5) is 20.7 Å². The number of nitrogen functional groups attached to an aromatic ring is 1. The molecule has 0 spiro atoms. The summed E-state index contributed by atoms with van der Waals surface area (Å²) in [5.41, 5.74) is 7.69. The summed E-state index contributed by atoms with van der Waals surface area (Å²) >= 11 is 0. The number of rotatable bonds is 8. The van der Waals surface area contributed by atoms with Crippen LogP contribution < -0.4 is 15.8 Å². The molecule has 1 aliphatic rings. The van der Waals surface area contributed by atoms with E-state index in [1.54, 1.807) is 40.3 Å². The fourth-order valence-corrected chi connectivity index (χ4v) is 3.47. The second-order valence-electron chi connectivity index (χ2n) is 9.33. The molecule has 3 N–H and O–H groups in total. The second-order valence-corrected chi connectivity index (χ2v) is 9.33. The molecule has 1 aromatic carbocycles. The molecule has 186 valence electrons. The molecule has 0 atom stereocenters. The lowest BCUT2D eigenvalue weighted by Crippen LogP contribution is -2.27. The first kappa shape index (κ1) is 24.4. The van der Waals surface area contributed by atoms with Crippen molar-refractivity contribution < 1.29 is 23.4 Å². The average Bonchev–Trinajstić information content (AvgIpc) is 3.48. The smallest absolute Gasteiger partial charge is 0.413 e. The molecule has 1 aliphatic carbocycles. The van der Waals surface area contributed by atoms with E-state index >= 15 is 0 Å². The Bertz CT molecular complexity index is 1220. The van der Waals surface area contributed by atoms with E-state index in [2.05, 4.69) is 20.4 Å². The van der Waals surface area contributed by atoms with Gasteiger partial charge in [0.25, 0.3) is 0 Å². The SMILES string of the molecule is COc1c(N)cc(COCc2cc(F)cc(NC(=O)OC(C)(C)C)n2)cc1-c1ncn(C2CC2)n1. The maximum Gasteiger partial charge on any atom is 0.413 e. The van der Waals surface area contributed by atoms with Crippen LogP contribution in [-0.4, -0.2) is 38.6 Å². The van der Waals surface area contributed by atoms with Gasteiger partial charge in [0.15, 0.2) is 11.6 Å². The number of carbonyl (C=O) groups is 1. The highest BCUT2D eigenvalue weighted by Gasteiger charge is 2.26. The van der Waals surface area contributed by atoms with Crippen LogP contribution in [0.3, 0.4) is 0 Å². The molecule has 0 unspecified atom stereocenters. The molecule has 11 heteroatoms. The summed E-state index contributed by atoms with van der Waals surface area (Å²) in [5.74, 6) is 0.489. The number of ether oxygens (including phenoxy) is 3. The Morgan fingerprint density at radius 2 is 2.00 bits per heavy atom. The number of nitrogens with two attached hydrogens (primary N) is 1. The summed E-state index contributed by atoms with van der Waals surface area (Å²) in [6.07, 6.45) is 3.18. The molecule has 1 saturated carbocycles. The minimum atomic E-state index is -0.721. The predicted octanol–water partition coefficient (Wildman–Crippen LogP) is 4.47. The minimum Gasteiger partial charge on any atom is -0.494 e. The number of benzene rings is 1. The monoisotopic (exact) mass is 484 g/mol. The van der Waals surface area contributed by atoms with Crippen molar-refractivity contribution in [1.82, 2.24) is 19.7 Å². The molecular weight excluding hydrogens is 455 g/mol. The molecule has 0 radical (unpaired) electrons. The maximum atomic E-state index is 14.1. The van der Waals surface area contributed by atoms with Crippen LogP contribution >= 0.6 is 0 Å². The number of anilines is 2. The van der Waals surface area contributed by atoms with Gasteiger partial charge in [0.2, 0.25) is 0 Å². The summed E-state index contributed by atoms with van der Waals surface area (Å²) < 4.78 is 32.3.